The highest BCUT2D eigenvalue weighted by Crippen LogP contribution is 2.08. The lowest BCUT2D eigenvalue weighted by Gasteiger charge is -2.00. The molecule has 0 saturated carbocycles. The van der Waals surface area contributed by atoms with Gasteiger partial charge in [0.25, 0.3) is 10.1 Å². The molecular formula is C10H22FO3S-. The van der Waals surface area contributed by atoms with E-state index in [1.807, 2.05) is 0 Å². The Kier molecular flexibility index (Phi) is 11.9. The van der Waals surface area contributed by atoms with Crippen LogP contribution in [0.1, 0.15) is 58.3 Å². The molecule has 0 radical (unpaired) electrons. The first-order valence-corrected chi connectivity index (χ1v) is 7.12. The number of hydrogen-bond donors (Lipinski definition) is 1. The van der Waals surface area contributed by atoms with Crippen LogP contribution >= 0.6 is 0 Å². The van der Waals surface area contributed by atoms with Gasteiger partial charge in [0.15, 0.2) is 0 Å². The van der Waals surface area contributed by atoms with Crippen molar-refractivity contribution >= 4 is 10.1 Å². The molecule has 0 saturated heterocycles. The zero-order valence-electron chi connectivity index (χ0n) is 9.41. The zero-order chi connectivity index (χ0) is 10.9. The number of hydrogen-bond acceptors (Lipinski definition) is 2. The molecule has 0 aromatic rings. The molecule has 5 heteroatoms. The van der Waals surface area contributed by atoms with Gasteiger partial charge in [-0.15, -0.1) is 0 Å². The zero-order valence-corrected chi connectivity index (χ0v) is 10.2. The van der Waals surface area contributed by atoms with Crippen LogP contribution in [0, 0.1) is 0 Å². The van der Waals surface area contributed by atoms with Crippen LogP contribution in [0.4, 0.5) is 0 Å². The van der Waals surface area contributed by atoms with E-state index in [-0.39, 0.29) is 10.5 Å². The maximum atomic E-state index is 10.4. The highest BCUT2D eigenvalue weighted by Gasteiger charge is 2.02. The Morgan fingerprint density at radius 1 is 0.867 bits per heavy atom. The molecule has 15 heavy (non-hydrogen) atoms. The molecule has 0 unspecified atom stereocenters. The van der Waals surface area contributed by atoms with Crippen LogP contribution in [-0.2, 0) is 10.1 Å². The molecule has 0 atom stereocenters. The van der Waals surface area contributed by atoms with E-state index < -0.39 is 10.1 Å². The first kappa shape index (κ1) is 17.2. The fraction of sp³-hybridized carbons (Fsp3) is 1.00. The normalized spacial score (nSPS) is 11.1. The van der Waals surface area contributed by atoms with Crippen molar-refractivity contribution in [2.75, 3.05) is 5.75 Å². The van der Waals surface area contributed by atoms with Crippen molar-refractivity contribution in [3.05, 3.63) is 0 Å². The molecule has 0 aliphatic rings. The number of unbranched alkanes of at least 4 members (excludes halogenated alkanes) is 7. The van der Waals surface area contributed by atoms with Crippen molar-refractivity contribution in [1.29, 1.82) is 0 Å². The van der Waals surface area contributed by atoms with Gasteiger partial charge in [-0.2, -0.15) is 8.42 Å². The third kappa shape index (κ3) is 16.5. The van der Waals surface area contributed by atoms with E-state index in [1.54, 1.807) is 0 Å². The molecule has 3 nitrogen and oxygen atoms in total. The summed E-state index contributed by atoms with van der Waals surface area (Å²) in [5.74, 6) is -0.0814. The maximum absolute atomic E-state index is 10.4. The second-order valence-corrected chi connectivity index (χ2v) is 5.33. The minimum absolute atomic E-state index is 0. The molecule has 1 N–H and O–H groups in total. The standard InChI is InChI=1S/C10H22O3S.FH/c1-2-3-4-5-6-7-8-9-10-14(11,12)13;/h2-10H2,1H3,(H,11,12,13);1H/p-1. The van der Waals surface area contributed by atoms with Crippen molar-refractivity contribution in [2.24, 2.45) is 0 Å². The Bertz CT molecular complexity index is 215. The van der Waals surface area contributed by atoms with Gasteiger partial charge in [0.1, 0.15) is 0 Å². The Morgan fingerprint density at radius 3 is 1.67 bits per heavy atom. The van der Waals surface area contributed by atoms with Gasteiger partial charge in [-0.3, -0.25) is 4.55 Å². The van der Waals surface area contributed by atoms with Crippen molar-refractivity contribution < 1.29 is 17.7 Å². The molecule has 0 aromatic carbocycles. The molecule has 0 fully saturated rings. The molecule has 0 heterocycles. The molecule has 0 bridgehead atoms. The van der Waals surface area contributed by atoms with Crippen LogP contribution < -0.4 is 4.70 Å². The van der Waals surface area contributed by atoms with Crippen LogP contribution in [0.25, 0.3) is 0 Å². The van der Waals surface area contributed by atoms with E-state index in [0.717, 1.165) is 12.8 Å². The Labute approximate surface area is 92.4 Å². The fourth-order valence-corrected chi connectivity index (χ4v) is 1.99. The largest absolute Gasteiger partial charge is 1.00 e. The third-order valence-corrected chi connectivity index (χ3v) is 3.06. The summed E-state index contributed by atoms with van der Waals surface area (Å²) < 4.78 is 29.2. The van der Waals surface area contributed by atoms with Gasteiger partial charge >= 0.3 is 0 Å². The molecule has 0 amide bonds. The molecule has 0 aliphatic carbocycles. The summed E-state index contributed by atoms with van der Waals surface area (Å²) in [5.41, 5.74) is 0. The predicted molar refractivity (Wildman–Crippen MR) is 59.0 cm³/mol. The lowest BCUT2D eigenvalue weighted by molar-refractivity contribution is -0.00000731. The highest BCUT2D eigenvalue weighted by molar-refractivity contribution is 7.85. The summed E-state index contributed by atoms with van der Waals surface area (Å²) in [6, 6.07) is 0. The van der Waals surface area contributed by atoms with Crippen LogP contribution in [0.15, 0.2) is 0 Å². The minimum atomic E-state index is -3.73. The topological polar surface area (TPSA) is 54.4 Å². The molecule has 0 aromatic heterocycles. The second-order valence-electron chi connectivity index (χ2n) is 3.76. The summed E-state index contributed by atoms with van der Waals surface area (Å²) in [6.45, 7) is 2.19. The SMILES string of the molecule is CCCCCCCCCCS(=O)(=O)O.[F-]. The average molecular weight is 241 g/mol. The minimum Gasteiger partial charge on any atom is -1.00 e. The Morgan fingerprint density at radius 2 is 1.27 bits per heavy atom. The summed E-state index contributed by atoms with van der Waals surface area (Å²) >= 11 is 0. The predicted octanol–water partition coefficient (Wildman–Crippen LogP) is 0.0189. The smallest absolute Gasteiger partial charge is 0.264 e. The lowest BCUT2D eigenvalue weighted by atomic mass is 10.1. The summed E-state index contributed by atoms with van der Waals surface area (Å²) in [4.78, 5) is 0. The molecule has 0 aliphatic heterocycles. The third-order valence-electron chi connectivity index (χ3n) is 2.26. The van der Waals surface area contributed by atoms with Gasteiger partial charge in [0, 0.05) is 0 Å². The van der Waals surface area contributed by atoms with E-state index in [0.29, 0.717) is 6.42 Å². The van der Waals surface area contributed by atoms with E-state index >= 15 is 0 Å². The first-order valence-electron chi connectivity index (χ1n) is 5.51. The quantitative estimate of drug-likeness (QED) is 0.457. The fourth-order valence-electron chi connectivity index (χ4n) is 1.42. The van der Waals surface area contributed by atoms with Crippen molar-refractivity contribution in [3.8, 4) is 0 Å². The Balaban J connectivity index is 0. The first-order chi connectivity index (χ1) is 6.56. The van der Waals surface area contributed by atoms with Gasteiger partial charge in [-0.1, -0.05) is 51.9 Å². The van der Waals surface area contributed by atoms with Gasteiger partial charge < -0.3 is 4.70 Å². The van der Waals surface area contributed by atoms with E-state index in [4.69, 9.17) is 4.55 Å². The molecular weight excluding hydrogens is 219 g/mol. The van der Waals surface area contributed by atoms with E-state index in [9.17, 15) is 8.42 Å². The monoisotopic (exact) mass is 241 g/mol. The van der Waals surface area contributed by atoms with E-state index in [2.05, 4.69) is 6.92 Å². The summed E-state index contributed by atoms with van der Waals surface area (Å²) in [7, 11) is -3.73. The molecule has 94 valence electrons. The van der Waals surface area contributed by atoms with E-state index in [1.165, 1.54) is 32.1 Å². The molecule has 0 rings (SSSR count). The number of rotatable bonds is 9. The van der Waals surface area contributed by atoms with Gasteiger partial charge in [-0.05, 0) is 6.42 Å². The summed E-state index contributed by atoms with van der Waals surface area (Å²) in [6.07, 6.45) is 8.85. The van der Waals surface area contributed by atoms with Crippen LogP contribution in [0.3, 0.4) is 0 Å². The lowest BCUT2D eigenvalue weighted by Crippen LogP contribution is -3.00. The second kappa shape index (κ2) is 10.4. The van der Waals surface area contributed by atoms with Gasteiger partial charge in [-0.25, -0.2) is 0 Å². The van der Waals surface area contributed by atoms with Crippen molar-refractivity contribution in [2.45, 2.75) is 58.3 Å². The van der Waals surface area contributed by atoms with Crippen molar-refractivity contribution in [3.63, 3.8) is 0 Å². The van der Waals surface area contributed by atoms with Crippen LogP contribution in [-0.4, -0.2) is 18.7 Å². The van der Waals surface area contributed by atoms with Gasteiger partial charge in [0.05, 0.1) is 5.75 Å². The molecule has 0 spiro atoms. The number of halogens is 1. The van der Waals surface area contributed by atoms with Crippen molar-refractivity contribution in [1.82, 2.24) is 0 Å². The van der Waals surface area contributed by atoms with Crippen LogP contribution in [0.2, 0.25) is 0 Å². The summed E-state index contributed by atoms with van der Waals surface area (Å²) in [5, 5.41) is 0. The van der Waals surface area contributed by atoms with Gasteiger partial charge in [0.2, 0.25) is 0 Å². The Hall–Kier alpha value is -0.160. The average Bonchev–Trinajstić information content (AvgIpc) is 2.08. The highest BCUT2D eigenvalue weighted by atomic mass is 32.2. The maximum Gasteiger partial charge on any atom is 0.264 e. The van der Waals surface area contributed by atoms with Crippen LogP contribution in [0.5, 0.6) is 0 Å².